The van der Waals surface area contributed by atoms with Crippen molar-refractivity contribution >= 4 is 15.5 Å². The zero-order valence-electron chi connectivity index (χ0n) is 7.69. The van der Waals surface area contributed by atoms with Gasteiger partial charge in [-0.25, -0.2) is 8.42 Å². The smallest absolute Gasteiger partial charge is 0.151 e. The molecule has 0 aliphatic rings. The molecule has 0 unspecified atom stereocenters. The average molecular weight is 219 g/mol. The molecule has 1 aromatic carbocycles. The third-order valence-electron chi connectivity index (χ3n) is 1.48. The lowest BCUT2D eigenvalue weighted by atomic mass is 10.2. The summed E-state index contributed by atoms with van der Waals surface area (Å²) >= 11 is 0. The van der Waals surface area contributed by atoms with E-state index in [4.69, 9.17) is 5.21 Å². The van der Waals surface area contributed by atoms with Crippen molar-refractivity contribution in [3.8, 4) is 0 Å². The largest absolute Gasteiger partial charge is 0.412 e. The number of benzene rings is 1. The Labute approximate surface area is 82.6 Å². The van der Waals surface area contributed by atoms with Crippen molar-refractivity contribution in [3.05, 3.63) is 29.8 Å². The fourth-order valence-electron chi connectivity index (χ4n) is 1.03. The van der Waals surface area contributed by atoms with E-state index in [9.17, 15) is 8.42 Å². The standard InChI is InChI=1S/C8H11NO3S.H2O/c1-13(11,12)6-7-3-2-4-8(5-7)9-10;/h2-5,9-10H,6H2,1H3;1H2. The molecule has 0 aliphatic carbocycles. The molecule has 0 saturated carbocycles. The molecule has 0 amide bonds. The molecule has 0 saturated heterocycles. The first-order chi connectivity index (χ1) is 6.01. The Morgan fingerprint density at radius 1 is 1.43 bits per heavy atom. The quantitative estimate of drug-likeness (QED) is 0.710. The topological polar surface area (TPSA) is 97.9 Å². The fraction of sp³-hybridized carbons (Fsp3) is 0.250. The summed E-state index contributed by atoms with van der Waals surface area (Å²) < 4.78 is 21.8. The Kier molecular flexibility index (Phi) is 4.55. The summed E-state index contributed by atoms with van der Waals surface area (Å²) in [6, 6.07) is 6.60. The van der Waals surface area contributed by atoms with Crippen molar-refractivity contribution in [1.82, 2.24) is 0 Å². The molecule has 0 spiro atoms. The first kappa shape index (κ1) is 12.9. The third kappa shape index (κ3) is 4.22. The van der Waals surface area contributed by atoms with Crippen LogP contribution in [0.15, 0.2) is 24.3 Å². The van der Waals surface area contributed by atoms with Crippen LogP contribution in [0.1, 0.15) is 5.56 Å². The first-order valence-corrected chi connectivity index (χ1v) is 5.74. The Bertz CT molecular complexity index is 388. The average Bonchev–Trinajstić information content (AvgIpc) is 2.01. The summed E-state index contributed by atoms with van der Waals surface area (Å²) in [5.74, 6) is -0.0114. The fourth-order valence-corrected chi connectivity index (χ4v) is 1.82. The van der Waals surface area contributed by atoms with Crippen LogP contribution in [0.2, 0.25) is 0 Å². The van der Waals surface area contributed by atoms with Gasteiger partial charge in [-0.2, -0.15) is 0 Å². The van der Waals surface area contributed by atoms with Crippen LogP contribution in [0.25, 0.3) is 0 Å². The number of anilines is 1. The van der Waals surface area contributed by atoms with E-state index in [2.05, 4.69) is 0 Å². The number of hydrogen-bond donors (Lipinski definition) is 2. The van der Waals surface area contributed by atoms with Crippen molar-refractivity contribution in [2.24, 2.45) is 0 Å². The van der Waals surface area contributed by atoms with Crippen LogP contribution in [0.4, 0.5) is 5.69 Å². The van der Waals surface area contributed by atoms with E-state index in [1.807, 2.05) is 5.48 Å². The second-order valence-corrected chi connectivity index (χ2v) is 5.02. The van der Waals surface area contributed by atoms with E-state index in [-0.39, 0.29) is 11.2 Å². The van der Waals surface area contributed by atoms with Crippen LogP contribution in [0.5, 0.6) is 0 Å². The van der Waals surface area contributed by atoms with Gasteiger partial charge in [0, 0.05) is 6.26 Å². The molecule has 0 bridgehead atoms. The zero-order chi connectivity index (χ0) is 9.90. The number of rotatable bonds is 3. The highest BCUT2D eigenvalue weighted by atomic mass is 32.2. The van der Waals surface area contributed by atoms with E-state index in [1.54, 1.807) is 24.3 Å². The molecule has 6 heteroatoms. The lowest BCUT2D eigenvalue weighted by Gasteiger charge is -2.02. The predicted octanol–water partition coefficient (Wildman–Crippen LogP) is 0.208. The molecule has 14 heavy (non-hydrogen) atoms. The maximum absolute atomic E-state index is 10.9. The van der Waals surface area contributed by atoms with Crippen LogP contribution in [-0.4, -0.2) is 25.4 Å². The Morgan fingerprint density at radius 2 is 2.07 bits per heavy atom. The highest BCUT2D eigenvalue weighted by Gasteiger charge is 2.04. The van der Waals surface area contributed by atoms with Gasteiger partial charge in [-0.1, -0.05) is 12.1 Å². The van der Waals surface area contributed by atoms with Gasteiger partial charge < -0.3 is 5.48 Å². The first-order valence-electron chi connectivity index (χ1n) is 3.68. The van der Waals surface area contributed by atoms with Crippen LogP contribution in [-0.2, 0) is 15.6 Å². The molecule has 0 radical (unpaired) electrons. The summed E-state index contributed by atoms with van der Waals surface area (Å²) in [6.45, 7) is 0. The molecule has 1 rings (SSSR count). The molecule has 0 heterocycles. The molecule has 5 nitrogen and oxygen atoms in total. The molecule has 0 aromatic heterocycles. The Hall–Kier alpha value is -1.11. The van der Waals surface area contributed by atoms with Gasteiger partial charge in [0.05, 0.1) is 11.4 Å². The molecular formula is C8H13NO4S. The van der Waals surface area contributed by atoms with E-state index in [0.717, 1.165) is 0 Å². The number of nitrogens with one attached hydrogen (secondary N) is 1. The van der Waals surface area contributed by atoms with Crippen LogP contribution >= 0.6 is 0 Å². The molecule has 0 fully saturated rings. The van der Waals surface area contributed by atoms with Crippen molar-refractivity contribution in [2.45, 2.75) is 5.75 Å². The highest BCUT2D eigenvalue weighted by molar-refractivity contribution is 7.89. The maximum atomic E-state index is 10.9. The molecule has 4 N–H and O–H groups in total. The third-order valence-corrected chi connectivity index (χ3v) is 2.34. The maximum Gasteiger partial charge on any atom is 0.151 e. The minimum atomic E-state index is -3.01. The normalized spacial score (nSPS) is 10.4. The van der Waals surface area contributed by atoms with Gasteiger partial charge in [-0.05, 0) is 17.7 Å². The van der Waals surface area contributed by atoms with Gasteiger partial charge in [-0.15, -0.1) is 0 Å². The van der Waals surface area contributed by atoms with Crippen LogP contribution < -0.4 is 5.48 Å². The summed E-state index contributed by atoms with van der Waals surface area (Å²) in [7, 11) is -3.01. The monoisotopic (exact) mass is 219 g/mol. The van der Waals surface area contributed by atoms with E-state index < -0.39 is 9.84 Å². The summed E-state index contributed by atoms with van der Waals surface area (Å²) in [5.41, 5.74) is 3.10. The summed E-state index contributed by atoms with van der Waals surface area (Å²) in [4.78, 5) is 0. The highest BCUT2D eigenvalue weighted by Crippen LogP contribution is 2.11. The number of sulfone groups is 1. The lowest BCUT2D eigenvalue weighted by molar-refractivity contribution is 0.389. The van der Waals surface area contributed by atoms with Gasteiger partial charge in [0.2, 0.25) is 0 Å². The molecule has 1 aromatic rings. The summed E-state index contributed by atoms with van der Waals surface area (Å²) in [6.07, 6.45) is 1.17. The molecule has 80 valence electrons. The molecule has 0 atom stereocenters. The Balaban J connectivity index is 0.00000169. The van der Waals surface area contributed by atoms with Gasteiger partial charge >= 0.3 is 0 Å². The SMILES string of the molecule is CS(=O)(=O)Cc1cccc(NO)c1.O. The van der Waals surface area contributed by atoms with Crippen molar-refractivity contribution < 1.29 is 19.1 Å². The second-order valence-electron chi connectivity index (χ2n) is 2.88. The van der Waals surface area contributed by atoms with Crippen molar-refractivity contribution in [2.75, 3.05) is 11.7 Å². The van der Waals surface area contributed by atoms with Gasteiger partial charge in [0.15, 0.2) is 9.84 Å². The van der Waals surface area contributed by atoms with E-state index in [0.29, 0.717) is 11.3 Å². The molecular weight excluding hydrogens is 206 g/mol. The van der Waals surface area contributed by atoms with Crippen molar-refractivity contribution in [1.29, 1.82) is 0 Å². The van der Waals surface area contributed by atoms with Gasteiger partial charge in [0.25, 0.3) is 0 Å². The van der Waals surface area contributed by atoms with E-state index >= 15 is 0 Å². The second kappa shape index (κ2) is 4.94. The minimum absolute atomic E-state index is 0. The Morgan fingerprint density at radius 3 is 2.57 bits per heavy atom. The lowest BCUT2D eigenvalue weighted by Crippen LogP contribution is -2.01. The number of hydrogen-bond acceptors (Lipinski definition) is 4. The molecule has 0 aliphatic heterocycles. The minimum Gasteiger partial charge on any atom is -0.412 e. The predicted molar refractivity (Wildman–Crippen MR) is 54.0 cm³/mol. The van der Waals surface area contributed by atoms with Crippen molar-refractivity contribution in [3.63, 3.8) is 0 Å². The van der Waals surface area contributed by atoms with Crippen LogP contribution in [0, 0.1) is 0 Å². The summed E-state index contributed by atoms with van der Waals surface area (Å²) in [5, 5.41) is 8.56. The van der Waals surface area contributed by atoms with E-state index in [1.165, 1.54) is 6.26 Å². The zero-order valence-corrected chi connectivity index (χ0v) is 8.50. The van der Waals surface area contributed by atoms with Gasteiger partial charge in [-0.3, -0.25) is 10.7 Å². The van der Waals surface area contributed by atoms with Gasteiger partial charge in [0.1, 0.15) is 0 Å². The van der Waals surface area contributed by atoms with Crippen LogP contribution in [0.3, 0.4) is 0 Å².